The first-order chi connectivity index (χ1) is 28.8. The molecule has 0 saturated carbocycles. The Morgan fingerprint density at radius 2 is 0.879 bits per heavy atom. The number of aromatic nitrogens is 4. The van der Waals surface area contributed by atoms with E-state index in [2.05, 4.69) is 209 Å². The Kier molecular flexibility index (Phi) is 7.39. The molecule has 0 spiro atoms. The second-order valence-electron chi connectivity index (χ2n) is 15.0. The first kappa shape index (κ1) is 33.1. The predicted molar refractivity (Wildman–Crippen MR) is 247 cm³/mol. The summed E-state index contributed by atoms with van der Waals surface area (Å²) in [5.41, 5.74) is 6.77. The number of benzene rings is 8. The summed E-state index contributed by atoms with van der Waals surface area (Å²) in [6, 6.07) is 73.5. The maximum absolute atomic E-state index is 5.08. The highest BCUT2D eigenvalue weighted by Gasteiger charge is 2.41. The number of fused-ring (bicyclic) bond motifs is 9. The third kappa shape index (κ3) is 4.73. The predicted octanol–water partition coefficient (Wildman–Crippen LogP) is 10.4. The van der Waals surface area contributed by atoms with E-state index >= 15 is 0 Å². The molecule has 0 unspecified atom stereocenters. The van der Waals surface area contributed by atoms with Gasteiger partial charge in [-0.25, -0.2) is 9.97 Å². The van der Waals surface area contributed by atoms with Gasteiger partial charge in [0, 0.05) is 37.3 Å². The van der Waals surface area contributed by atoms with Crippen LogP contribution in [-0.4, -0.2) is 27.2 Å². The lowest BCUT2D eigenvalue weighted by atomic mass is 10.1. The highest BCUT2D eigenvalue weighted by molar-refractivity contribution is 7.26. The van der Waals surface area contributed by atoms with Gasteiger partial charge in [0.1, 0.15) is 6.33 Å². The minimum absolute atomic E-state index is 0.904. The van der Waals surface area contributed by atoms with Crippen molar-refractivity contribution in [2.45, 2.75) is 0 Å². The summed E-state index contributed by atoms with van der Waals surface area (Å²) in [4.78, 5) is 10.1. The Morgan fingerprint density at radius 3 is 1.47 bits per heavy atom. The highest BCUT2D eigenvalue weighted by Crippen LogP contribution is 2.40. The van der Waals surface area contributed by atoms with Crippen molar-refractivity contribution in [3.05, 3.63) is 207 Å². The van der Waals surface area contributed by atoms with Crippen LogP contribution in [0.1, 0.15) is 0 Å². The summed E-state index contributed by atoms with van der Waals surface area (Å²) in [5, 5.41) is 11.5. The van der Waals surface area contributed by atoms with E-state index < -0.39 is 8.07 Å². The summed E-state index contributed by atoms with van der Waals surface area (Å²) in [5.74, 6) is 0.904. The molecule has 0 radical (unpaired) electrons. The number of thiophene rings is 1. The van der Waals surface area contributed by atoms with Gasteiger partial charge in [-0.2, -0.15) is 0 Å². The van der Waals surface area contributed by atoms with Crippen LogP contribution in [0, 0.1) is 0 Å². The Morgan fingerprint density at radius 1 is 0.379 bits per heavy atom. The van der Waals surface area contributed by atoms with E-state index in [1.165, 1.54) is 58.0 Å². The molecule has 0 aliphatic heterocycles. The molecular weight excluding hydrogens is 741 g/mol. The molecule has 4 aromatic heterocycles. The topological polar surface area (TPSA) is 35.6 Å². The van der Waals surface area contributed by atoms with Crippen molar-refractivity contribution in [2.75, 3.05) is 0 Å². The fourth-order valence-corrected chi connectivity index (χ4v) is 15.4. The lowest BCUT2D eigenvalue weighted by Crippen LogP contribution is -2.74. The second-order valence-corrected chi connectivity index (χ2v) is 19.8. The SMILES string of the molecule is c1ccc([Si](c2ccccc2)(c2ccccc2)c2ccc3sc4c(-n5c6ccccc6c6cc(-n7c8ccccc8c8ccccc87)ccc65)ncnc4c3c2)cc1. The third-order valence-corrected chi connectivity index (χ3v) is 17.9. The van der Waals surface area contributed by atoms with Crippen LogP contribution in [0.5, 0.6) is 0 Å². The van der Waals surface area contributed by atoms with E-state index in [9.17, 15) is 0 Å². The van der Waals surface area contributed by atoms with Crippen molar-refractivity contribution in [3.8, 4) is 11.5 Å². The van der Waals surface area contributed by atoms with Gasteiger partial charge in [-0.1, -0.05) is 158 Å². The van der Waals surface area contributed by atoms with E-state index in [1.54, 1.807) is 17.7 Å². The van der Waals surface area contributed by atoms with Gasteiger partial charge >= 0.3 is 0 Å². The molecule has 6 heteroatoms. The Hall–Kier alpha value is -7.12. The number of rotatable bonds is 6. The standard InChI is InChI=1S/C52H34N4SSi/c1-4-16-36(17-5-1)58(37-18-6-2-7-19-37,38-20-8-3-9-21-38)39-29-31-49-44(33-39)50-51(57-49)52(54-34-53-50)56-47-27-15-12-24-42(47)43-32-35(28-30-48(43)56)55-45-25-13-10-22-40(45)41-23-11-14-26-46(41)55/h1-34H. The van der Waals surface area contributed by atoms with E-state index in [4.69, 9.17) is 9.97 Å². The third-order valence-electron chi connectivity index (χ3n) is 12.0. The number of hydrogen-bond donors (Lipinski definition) is 0. The molecular formula is C52H34N4SSi. The zero-order valence-electron chi connectivity index (χ0n) is 31.3. The molecule has 0 N–H and O–H groups in total. The Balaban J connectivity index is 1.09. The zero-order valence-corrected chi connectivity index (χ0v) is 33.1. The molecule has 12 rings (SSSR count). The fourth-order valence-electron chi connectivity index (χ4n) is 9.55. The average Bonchev–Trinajstić information content (AvgIpc) is 3.95. The van der Waals surface area contributed by atoms with Gasteiger partial charge in [0.05, 0.1) is 32.3 Å². The van der Waals surface area contributed by atoms with Crippen LogP contribution in [0.2, 0.25) is 0 Å². The lowest BCUT2D eigenvalue weighted by molar-refractivity contribution is 1.07. The molecule has 8 aromatic carbocycles. The first-order valence-electron chi connectivity index (χ1n) is 19.7. The number of hydrogen-bond acceptors (Lipinski definition) is 3. The maximum Gasteiger partial charge on any atom is 0.179 e. The molecule has 0 fully saturated rings. The molecule has 0 atom stereocenters. The van der Waals surface area contributed by atoms with Crippen molar-refractivity contribution in [1.29, 1.82) is 0 Å². The molecule has 12 aromatic rings. The van der Waals surface area contributed by atoms with Gasteiger partial charge < -0.3 is 4.57 Å². The van der Waals surface area contributed by atoms with E-state index in [-0.39, 0.29) is 0 Å². The molecule has 58 heavy (non-hydrogen) atoms. The summed E-state index contributed by atoms with van der Waals surface area (Å²) in [6.45, 7) is 0. The molecule has 0 amide bonds. The second kappa shape index (κ2) is 13.0. The molecule has 0 aliphatic carbocycles. The van der Waals surface area contributed by atoms with Gasteiger partial charge in [0.15, 0.2) is 13.9 Å². The molecule has 0 aliphatic rings. The fraction of sp³-hybridized carbons (Fsp3) is 0. The minimum atomic E-state index is -2.73. The average molecular weight is 775 g/mol. The van der Waals surface area contributed by atoms with Crippen molar-refractivity contribution in [3.63, 3.8) is 0 Å². The van der Waals surface area contributed by atoms with Crippen LogP contribution in [0.3, 0.4) is 0 Å². The van der Waals surface area contributed by atoms with Gasteiger partial charge in [0.2, 0.25) is 0 Å². The maximum atomic E-state index is 5.08. The van der Waals surface area contributed by atoms with Crippen LogP contribution < -0.4 is 20.7 Å². The molecule has 0 bridgehead atoms. The quantitative estimate of drug-likeness (QED) is 0.125. The minimum Gasteiger partial charge on any atom is -0.309 e. The van der Waals surface area contributed by atoms with Crippen LogP contribution in [-0.2, 0) is 0 Å². The summed E-state index contributed by atoms with van der Waals surface area (Å²) in [7, 11) is -2.73. The molecule has 4 heterocycles. The Bertz CT molecular complexity index is 3370. The van der Waals surface area contributed by atoms with Gasteiger partial charge in [-0.05, 0) is 63.2 Å². The van der Waals surface area contributed by atoms with Crippen molar-refractivity contribution >= 4 is 104 Å². The van der Waals surface area contributed by atoms with Crippen molar-refractivity contribution in [2.24, 2.45) is 0 Å². The largest absolute Gasteiger partial charge is 0.309 e. The number of nitrogens with zero attached hydrogens (tertiary/aromatic N) is 4. The Labute approximate surface area is 339 Å². The van der Waals surface area contributed by atoms with Crippen LogP contribution in [0.4, 0.5) is 0 Å². The highest BCUT2D eigenvalue weighted by atomic mass is 32.1. The van der Waals surface area contributed by atoms with E-state index in [0.717, 1.165) is 38.1 Å². The summed E-state index contributed by atoms with van der Waals surface area (Å²) in [6.07, 6.45) is 1.75. The normalized spacial score (nSPS) is 12.1. The van der Waals surface area contributed by atoms with Gasteiger partial charge in [-0.3, -0.25) is 4.57 Å². The van der Waals surface area contributed by atoms with Gasteiger partial charge in [-0.15, -0.1) is 11.3 Å². The summed E-state index contributed by atoms with van der Waals surface area (Å²) < 4.78 is 7.02. The van der Waals surface area contributed by atoms with Crippen molar-refractivity contribution in [1.82, 2.24) is 19.1 Å². The van der Waals surface area contributed by atoms with E-state index in [1.807, 2.05) is 0 Å². The summed E-state index contributed by atoms with van der Waals surface area (Å²) >= 11 is 1.78. The van der Waals surface area contributed by atoms with Crippen LogP contribution in [0.25, 0.3) is 75.4 Å². The molecule has 0 saturated heterocycles. The zero-order chi connectivity index (χ0) is 38.2. The number of para-hydroxylation sites is 3. The van der Waals surface area contributed by atoms with Gasteiger partial charge in [0.25, 0.3) is 0 Å². The van der Waals surface area contributed by atoms with E-state index in [0.29, 0.717) is 0 Å². The molecule has 4 nitrogen and oxygen atoms in total. The monoisotopic (exact) mass is 774 g/mol. The lowest BCUT2D eigenvalue weighted by Gasteiger charge is -2.34. The van der Waals surface area contributed by atoms with Crippen LogP contribution >= 0.6 is 11.3 Å². The smallest absolute Gasteiger partial charge is 0.179 e. The van der Waals surface area contributed by atoms with Crippen LogP contribution in [0.15, 0.2) is 207 Å². The molecule has 272 valence electrons. The first-order valence-corrected chi connectivity index (χ1v) is 22.5. The van der Waals surface area contributed by atoms with Crippen molar-refractivity contribution < 1.29 is 0 Å².